The number of nitrogens with one attached hydrogen (secondary N) is 1. The molecule has 9 nitrogen and oxygen atoms in total. The lowest BCUT2D eigenvalue weighted by molar-refractivity contribution is -0.385. The molecule has 0 unspecified atom stereocenters. The van der Waals surface area contributed by atoms with Crippen LogP contribution in [-0.2, 0) is 4.79 Å². The molecule has 1 amide bonds. The lowest BCUT2D eigenvalue weighted by atomic mass is 10.1. The summed E-state index contributed by atoms with van der Waals surface area (Å²) in [5.74, 6) is 0.537. The van der Waals surface area contributed by atoms with Gasteiger partial charge in [0, 0.05) is 16.1 Å². The Labute approximate surface area is 169 Å². The summed E-state index contributed by atoms with van der Waals surface area (Å²) < 4.78 is 16.4. The van der Waals surface area contributed by atoms with Gasteiger partial charge in [0.25, 0.3) is 5.91 Å². The van der Waals surface area contributed by atoms with Crippen LogP contribution in [0.3, 0.4) is 0 Å². The molecule has 2 aromatic carbocycles. The third-order valence-electron chi connectivity index (χ3n) is 3.63. The lowest BCUT2D eigenvalue weighted by Gasteiger charge is -2.10. The highest BCUT2D eigenvalue weighted by Crippen LogP contribution is 2.30. The predicted molar refractivity (Wildman–Crippen MR) is 106 cm³/mol. The molecule has 0 bridgehead atoms. The van der Waals surface area contributed by atoms with E-state index in [1.807, 2.05) is 0 Å². The van der Waals surface area contributed by atoms with Gasteiger partial charge in [0.2, 0.25) is 0 Å². The zero-order valence-corrected chi connectivity index (χ0v) is 17.0. The summed E-state index contributed by atoms with van der Waals surface area (Å²) >= 11 is 3.32. The number of nitro benzene ring substituents is 1. The Balaban J connectivity index is 2.02. The van der Waals surface area contributed by atoms with E-state index < -0.39 is 10.8 Å². The first kappa shape index (κ1) is 21.2. The van der Waals surface area contributed by atoms with Crippen molar-refractivity contribution in [1.82, 2.24) is 5.43 Å². The largest absolute Gasteiger partial charge is 0.493 e. The summed E-state index contributed by atoms with van der Waals surface area (Å²) in [4.78, 5) is 22.5. The van der Waals surface area contributed by atoms with E-state index in [1.54, 1.807) is 31.2 Å². The van der Waals surface area contributed by atoms with Gasteiger partial charge in [-0.25, -0.2) is 5.43 Å². The molecule has 0 heterocycles. The minimum absolute atomic E-state index is 0.141. The van der Waals surface area contributed by atoms with Gasteiger partial charge in [-0.05, 0) is 37.3 Å². The van der Waals surface area contributed by atoms with Crippen LogP contribution in [0, 0.1) is 10.1 Å². The minimum Gasteiger partial charge on any atom is -0.493 e. The van der Waals surface area contributed by atoms with Crippen LogP contribution in [0.1, 0.15) is 12.5 Å². The van der Waals surface area contributed by atoms with E-state index >= 15 is 0 Å². The molecule has 148 valence electrons. The van der Waals surface area contributed by atoms with Crippen molar-refractivity contribution in [1.29, 1.82) is 0 Å². The number of methoxy groups -OCH3 is 2. The van der Waals surface area contributed by atoms with Gasteiger partial charge in [-0.2, -0.15) is 5.10 Å². The van der Waals surface area contributed by atoms with E-state index in [1.165, 1.54) is 26.4 Å². The van der Waals surface area contributed by atoms with Crippen molar-refractivity contribution < 1.29 is 23.9 Å². The van der Waals surface area contributed by atoms with Crippen molar-refractivity contribution in [2.75, 3.05) is 20.8 Å². The molecule has 28 heavy (non-hydrogen) atoms. The number of hydrogen-bond acceptors (Lipinski definition) is 7. The molecule has 10 heteroatoms. The van der Waals surface area contributed by atoms with Gasteiger partial charge >= 0.3 is 5.69 Å². The number of hydrazone groups is 1. The van der Waals surface area contributed by atoms with Crippen LogP contribution in [0.15, 0.2) is 46.0 Å². The number of amides is 1. The van der Waals surface area contributed by atoms with Crippen LogP contribution in [-0.4, -0.2) is 37.4 Å². The standard InChI is InChI=1S/C18H18BrN3O6/c1-11(12-4-6-15(26-2)14(8-12)22(24)25)20-21-18(23)10-28-16-7-5-13(19)9-17(16)27-3/h4-9H,10H2,1-3H3,(H,21,23). The molecular formula is C18H18BrN3O6. The molecule has 0 aliphatic rings. The lowest BCUT2D eigenvalue weighted by Crippen LogP contribution is -2.25. The Hall–Kier alpha value is -3.14. The zero-order valence-electron chi connectivity index (χ0n) is 15.4. The first-order chi connectivity index (χ1) is 13.3. The van der Waals surface area contributed by atoms with Crippen LogP contribution < -0.4 is 19.6 Å². The number of ether oxygens (including phenoxy) is 3. The molecule has 0 aliphatic heterocycles. The summed E-state index contributed by atoms with van der Waals surface area (Å²) in [6.45, 7) is 1.34. The number of hydrogen-bond donors (Lipinski definition) is 1. The fraction of sp³-hybridized carbons (Fsp3) is 0.222. The maximum absolute atomic E-state index is 12.0. The molecule has 0 atom stereocenters. The van der Waals surface area contributed by atoms with Gasteiger partial charge in [0.15, 0.2) is 23.9 Å². The van der Waals surface area contributed by atoms with E-state index in [-0.39, 0.29) is 18.0 Å². The summed E-state index contributed by atoms with van der Waals surface area (Å²) in [7, 11) is 2.85. The van der Waals surface area contributed by atoms with Crippen molar-refractivity contribution in [3.63, 3.8) is 0 Å². The molecule has 0 spiro atoms. The summed E-state index contributed by atoms with van der Waals surface area (Å²) in [5, 5.41) is 15.1. The first-order valence-corrected chi connectivity index (χ1v) is 8.77. The van der Waals surface area contributed by atoms with Gasteiger partial charge < -0.3 is 14.2 Å². The third kappa shape index (κ3) is 5.43. The second-order valence-corrected chi connectivity index (χ2v) is 6.38. The first-order valence-electron chi connectivity index (χ1n) is 7.98. The van der Waals surface area contributed by atoms with Gasteiger partial charge in [-0.15, -0.1) is 0 Å². The van der Waals surface area contributed by atoms with Crippen molar-refractivity contribution in [3.8, 4) is 17.2 Å². The van der Waals surface area contributed by atoms with Crippen LogP contribution in [0.2, 0.25) is 0 Å². The number of carbonyl (C=O) groups is 1. The SMILES string of the molecule is COc1cc(Br)ccc1OCC(=O)NN=C(C)c1ccc(OC)c([N+](=O)[O-])c1. The Bertz CT molecular complexity index is 916. The number of halogens is 1. The Morgan fingerprint density at radius 2 is 1.82 bits per heavy atom. The molecule has 0 aromatic heterocycles. The van der Waals surface area contributed by atoms with Gasteiger partial charge in [0.1, 0.15) is 0 Å². The predicted octanol–water partition coefficient (Wildman–Crippen LogP) is 3.29. The van der Waals surface area contributed by atoms with E-state index in [0.29, 0.717) is 22.8 Å². The Morgan fingerprint density at radius 3 is 2.46 bits per heavy atom. The number of nitrogens with zero attached hydrogens (tertiary/aromatic N) is 2. The monoisotopic (exact) mass is 451 g/mol. The average molecular weight is 452 g/mol. The van der Waals surface area contributed by atoms with E-state index in [9.17, 15) is 14.9 Å². The molecule has 0 fully saturated rings. The van der Waals surface area contributed by atoms with E-state index in [2.05, 4.69) is 26.5 Å². The maximum Gasteiger partial charge on any atom is 0.311 e. The molecule has 2 aromatic rings. The van der Waals surface area contributed by atoms with Gasteiger partial charge in [-0.1, -0.05) is 15.9 Å². The smallest absolute Gasteiger partial charge is 0.311 e. The topological polar surface area (TPSA) is 112 Å². The highest BCUT2D eigenvalue weighted by molar-refractivity contribution is 9.10. The second-order valence-electron chi connectivity index (χ2n) is 5.46. The van der Waals surface area contributed by atoms with Crippen LogP contribution in [0.4, 0.5) is 5.69 Å². The highest BCUT2D eigenvalue weighted by atomic mass is 79.9. The summed E-state index contributed by atoms with van der Waals surface area (Å²) in [5.41, 5.74) is 3.03. The van der Waals surface area contributed by atoms with Crippen LogP contribution in [0.25, 0.3) is 0 Å². The summed E-state index contributed by atoms with van der Waals surface area (Å²) in [6, 6.07) is 9.55. The maximum atomic E-state index is 12.0. The molecule has 0 saturated carbocycles. The van der Waals surface area contributed by atoms with Crippen LogP contribution in [0.5, 0.6) is 17.2 Å². The van der Waals surface area contributed by atoms with E-state index in [4.69, 9.17) is 14.2 Å². The zero-order chi connectivity index (χ0) is 20.7. The van der Waals surface area contributed by atoms with Crippen molar-refractivity contribution in [2.24, 2.45) is 5.10 Å². The van der Waals surface area contributed by atoms with Gasteiger partial charge in [-0.3, -0.25) is 14.9 Å². The number of carbonyl (C=O) groups excluding carboxylic acids is 1. The average Bonchev–Trinajstić information content (AvgIpc) is 2.70. The molecule has 0 saturated heterocycles. The van der Waals surface area contributed by atoms with Crippen molar-refractivity contribution in [3.05, 3.63) is 56.5 Å². The molecule has 2 rings (SSSR count). The number of benzene rings is 2. The second kappa shape index (κ2) is 9.70. The quantitative estimate of drug-likeness (QED) is 0.374. The third-order valence-corrected chi connectivity index (χ3v) is 4.12. The molecule has 1 N–H and O–H groups in total. The number of nitro groups is 1. The van der Waals surface area contributed by atoms with Crippen molar-refractivity contribution in [2.45, 2.75) is 6.92 Å². The minimum atomic E-state index is -0.548. The normalized spacial score (nSPS) is 10.9. The molecular weight excluding hydrogens is 434 g/mol. The Kier molecular flexibility index (Phi) is 7.33. The molecule has 0 radical (unpaired) electrons. The fourth-order valence-electron chi connectivity index (χ4n) is 2.20. The highest BCUT2D eigenvalue weighted by Gasteiger charge is 2.16. The van der Waals surface area contributed by atoms with Crippen LogP contribution >= 0.6 is 15.9 Å². The van der Waals surface area contributed by atoms with Gasteiger partial charge in [0.05, 0.1) is 24.9 Å². The summed E-state index contributed by atoms with van der Waals surface area (Å²) in [6.07, 6.45) is 0. The molecule has 0 aliphatic carbocycles. The Morgan fingerprint density at radius 1 is 1.14 bits per heavy atom. The fourth-order valence-corrected chi connectivity index (χ4v) is 2.54. The van der Waals surface area contributed by atoms with Crippen molar-refractivity contribution >= 4 is 33.2 Å². The van der Waals surface area contributed by atoms with E-state index in [0.717, 1.165) is 4.47 Å². The number of rotatable bonds is 8.